The Hall–Kier alpha value is -0.890. The van der Waals surface area contributed by atoms with Crippen molar-refractivity contribution in [2.24, 2.45) is 5.92 Å². The summed E-state index contributed by atoms with van der Waals surface area (Å²) in [6.07, 6.45) is 4.67. The number of carbonyl (C=O) groups is 1. The van der Waals surface area contributed by atoms with Crippen LogP contribution in [0.5, 0.6) is 0 Å². The summed E-state index contributed by atoms with van der Waals surface area (Å²) in [4.78, 5) is 11.6. The molecule has 0 fully saturated rings. The molecular formula is C13H20O2. The minimum absolute atomic E-state index is 0.114. The molecule has 2 heteroatoms. The second kappa shape index (κ2) is 5.26. The third-order valence-electron chi connectivity index (χ3n) is 3.04. The molecule has 0 saturated carbocycles. The Bertz CT molecular complexity index is 289. The molecule has 1 rings (SSSR count). The van der Waals surface area contributed by atoms with Gasteiger partial charge < -0.3 is 5.11 Å². The van der Waals surface area contributed by atoms with Crippen LogP contribution < -0.4 is 0 Å². The van der Waals surface area contributed by atoms with Crippen molar-refractivity contribution in [2.45, 2.75) is 45.6 Å². The van der Waals surface area contributed by atoms with Gasteiger partial charge in [-0.3, -0.25) is 4.79 Å². The molecule has 0 aromatic carbocycles. The maximum Gasteiger partial charge on any atom is 0.158 e. The molecule has 0 aromatic rings. The van der Waals surface area contributed by atoms with Crippen molar-refractivity contribution in [3.63, 3.8) is 0 Å². The number of aliphatic hydroxyl groups excluding tert-OH is 1. The molecule has 2 atom stereocenters. The highest BCUT2D eigenvalue weighted by Crippen LogP contribution is 2.25. The first-order valence-electron chi connectivity index (χ1n) is 5.55. The molecule has 0 heterocycles. The minimum atomic E-state index is -0.454. The smallest absolute Gasteiger partial charge is 0.158 e. The van der Waals surface area contributed by atoms with Crippen LogP contribution in [0.25, 0.3) is 0 Å². The van der Waals surface area contributed by atoms with Crippen LogP contribution in [-0.2, 0) is 4.79 Å². The summed E-state index contributed by atoms with van der Waals surface area (Å²) in [5.74, 6) is 0.343. The van der Waals surface area contributed by atoms with Crippen molar-refractivity contribution in [1.82, 2.24) is 0 Å². The molecule has 0 radical (unpaired) electrons. The van der Waals surface area contributed by atoms with Gasteiger partial charge in [-0.1, -0.05) is 17.7 Å². The van der Waals surface area contributed by atoms with Crippen LogP contribution in [0.4, 0.5) is 0 Å². The van der Waals surface area contributed by atoms with Crippen molar-refractivity contribution < 1.29 is 9.90 Å². The summed E-state index contributed by atoms with van der Waals surface area (Å²) in [5.41, 5.74) is 1.96. The van der Waals surface area contributed by atoms with Crippen LogP contribution in [0.15, 0.2) is 23.8 Å². The Morgan fingerprint density at radius 2 is 2.40 bits per heavy atom. The fourth-order valence-corrected chi connectivity index (χ4v) is 1.87. The topological polar surface area (TPSA) is 37.3 Å². The maximum absolute atomic E-state index is 11.6. The molecular weight excluding hydrogens is 188 g/mol. The van der Waals surface area contributed by atoms with Crippen molar-refractivity contribution in [1.29, 1.82) is 0 Å². The number of hydrogen-bond acceptors (Lipinski definition) is 2. The number of carbonyl (C=O) groups excluding carboxylic acids is 1. The predicted octanol–water partition coefficient (Wildman–Crippen LogP) is 2.63. The molecule has 0 bridgehead atoms. The van der Waals surface area contributed by atoms with E-state index in [2.05, 4.69) is 6.58 Å². The van der Waals surface area contributed by atoms with Gasteiger partial charge in [-0.25, -0.2) is 0 Å². The van der Waals surface area contributed by atoms with Crippen LogP contribution in [0.1, 0.15) is 39.5 Å². The zero-order valence-electron chi connectivity index (χ0n) is 9.62. The average Bonchev–Trinajstić information content (AvgIpc) is 2.15. The van der Waals surface area contributed by atoms with E-state index in [1.54, 1.807) is 6.08 Å². The first-order valence-corrected chi connectivity index (χ1v) is 5.55. The van der Waals surface area contributed by atoms with E-state index in [4.69, 9.17) is 0 Å². The van der Waals surface area contributed by atoms with Crippen LogP contribution in [-0.4, -0.2) is 17.0 Å². The lowest BCUT2D eigenvalue weighted by atomic mass is 9.85. The summed E-state index contributed by atoms with van der Waals surface area (Å²) in [6, 6.07) is 0. The van der Waals surface area contributed by atoms with Gasteiger partial charge in [0, 0.05) is 5.92 Å². The standard InChI is InChI=1S/C13H20O2/c1-9(2)12(14)7-6-11-5-4-10(3)8-13(11)15/h8,11-12,14H,1,4-7H2,2-3H3/t11?,12-/m0/s1. The molecule has 1 N–H and O–H groups in total. The van der Waals surface area contributed by atoms with Crippen LogP contribution in [0, 0.1) is 5.92 Å². The van der Waals surface area contributed by atoms with E-state index >= 15 is 0 Å². The average molecular weight is 208 g/mol. The lowest BCUT2D eigenvalue weighted by Gasteiger charge is -2.20. The molecule has 1 aliphatic carbocycles. The molecule has 84 valence electrons. The Morgan fingerprint density at radius 1 is 1.73 bits per heavy atom. The second-order valence-corrected chi connectivity index (χ2v) is 4.57. The third-order valence-corrected chi connectivity index (χ3v) is 3.04. The molecule has 2 nitrogen and oxygen atoms in total. The summed E-state index contributed by atoms with van der Waals surface area (Å²) >= 11 is 0. The Labute approximate surface area is 91.7 Å². The van der Waals surface area contributed by atoms with E-state index < -0.39 is 6.10 Å². The summed E-state index contributed by atoms with van der Waals surface area (Å²) in [6.45, 7) is 7.52. The zero-order chi connectivity index (χ0) is 11.4. The van der Waals surface area contributed by atoms with Crippen molar-refractivity contribution >= 4 is 5.78 Å². The van der Waals surface area contributed by atoms with Crippen molar-refractivity contribution in [3.8, 4) is 0 Å². The number of aliphatic hydroxyl groups is 1. The second-order valence-electron chi connectivity index (χ2n) is 4.57. The highest BCUT2D eigenvalue weighted by molar-refractivity contribution is 5.93. The van der Waals surface area contributed by atoms with E-state index in [1.807, 2.05) is 13.8 Å². The van der Waals surface area contributed by atoms with E-state index in [-0.39, 0.29) is 11.7 Å². The molecule has 0 saturated heterocycles. The largest absolute Gasteiger partial charge is 0.389 e. The van der Waals surface area contributed by atoms with Gasteiger partial charge in [-0.15, -0.1) is 0 Å². The fourth-order valence-electron chi connectivity index (χ4n) is 1.87. The van der Waals surface area contributed by atoms with Crippen molar-refractivity contribution in [2.75, 3.05) is 0 Å². The Balaban J connectivity index is 2.41. The first-order chi connectivity index (χ1) is 7.00. The molecule has 0 aromatic heterocycles. The molecule has 0 aliphatic heterocycles. The Morgan fingerprint density at radius 3 is 2.93 bits per heavy atom. The lowest BCUT2D eigenvalue weighted by molar-refractivity contribution is -0.119. The maximum atomic E-state index is 11.6. The highest BCUT2D eigenvalue weighted by atomic mass is 16.3. The van der Waals surface area contributed by atoms with Crippen molar-refractivity contribution in [3.05, 3.63) is 23.8 Å². The monoisotopic (exact) mass is 208 g/mol. The van der Waals surface area contributed by atoms with Crippen LogP contribution in [0.3, 0.4) is 0 Å². The summed E-state index contributed by atoms with van der Waals surface area (Å²) in [5, 5.41) is 9.57. The molecule has 15 heavy (non-hydrogen) atoms. The SMILES string of the molecule is C=C(C)[C@@H](O)CCC1CCC(C)=CC1=O. The molecule has 0 amide bonds. The third kappa shape index (κ3) is 3.63. The zero-order valence-corrected chi connectivity index (χ0v) is 9.62. The quantitative estimate of drug-likeness (QED) is 0.721. The number of allylic oxidation sites excluding steroid dienone is 2. The van der Waals surface area contributed by atoms with Gasteiger partial charge in [0.2, 0.25) is 0 Å². The van der Waals surface area contributed by atoms with E-state index in [0.717, 1.165) is 24.8 Å². The minimum Gasteiger partial charge on any atom is -0.389 e. The summed E-state index contributed by atoms with van der Waals surface area (Å²) in [7, 11) is 0. The van der Waals surface area contributed by atoms with Crippen LogP contribution >= 0.6 is 0 Å². The Kier molecular flexibility index (Phi) is 4.28. The molecule has 0 spiro atoms. The highest BCUT2D eigenvalue weighted by Gasteiger charge is 2.21. The van der Waals surface area contributed by atoms with Gasteiger partial charge in [0.25, 0.3) is 0 Å². The van der Waals surface area contributed by atoms with Gasteiger partial charge in [0.15, 0.2) is 5.78 Å². The van der Waals surface area contributed by atoms with Gasteiger partial charge >= 0.3 is 0 Å². The number of rotatable bonds is 4. The summed E-state index contributed by atoms with van der Waals surface area (Å²) < 4.78 is 0. The number of hydrogen-bond donors (Lipinski definition) is 1. The normalized spacial score (nSPS) is 23.5. The van der Waals surface area contributed by atoms with E-state index in [1.165, 1.54) is 5.57 Å². The predicted molar refractivity (Wildman–Crippen MR) is 61.5 cm³/mol. The van der Waals surface area contributed by atoms with E-state index in [0.29, 0.717) is 6.42 Å². The van der Waals surface area contributed by atoms with Crippen LogP contribution in [0.2, 0.25) is 0 Å². The van der Waals surface area contributed by atoms with Gasteiger partial charge in [-0.2, -0.15) is 0 Å². The first kappa shape index (κ1) is 12.2. The lowest BCUT2D eigenvalue weighted by Crippen LogP contribution is -2.19. The van der Waals surface area contributed by atoms with Gasteiger partial charge in [0.1, 0.15) is 0 Å². The van der Waals surface area contributed by atoms with E-state index in [9.17, 15) is 9.90 Å². The molecule has 1 unspecified atom stereocenters. The van der Waals surface area contributed by atoms with Gasteiger partial charge in [-0.05, 0) is 45.6 Å². The fraction of sp³-hybridized carbons (Fsp3) is 0.615. The number of ketones is 1. The van der Waals surface area contributed by atoms with Gasteiger partial charge in [0.05, 0.1) is 6.10 Å². The molecule has 1 aliphatic rings.